The van der Waals surface area contributed by atoms with Crippen molar-refractivity contribution in [3.05, 3.63) is 48.0 Å². The summed E-state index contributed by atoms with van der Waals surface area (Å²) in [5, 5.41) is 3.07. The monoisotopic (exact) mass is 418 g/mol. The molecular formula is C19H18N2O5S2. The van der Waals surface area contributed by atoms with Crippen LogP contribution in [0.25, 0.3) is 16.3 Å². The number of aromatic nitrogens is 1. The summed E-state index contributed by atoms with van der Waals surface area (Å²) in [6.07, 6.45) is 4.16. The molecule has 0 saturated heterocycles. The van der Waals surface area contributed by atoms with E-state index in [1.807, 2.05) is 0 Å². The van der Waals surface area contributed by atoms with Gasteiger partial charge in [0.15, 0.2) is 15.0 Å². The summed E-state index contributed by atoms with van der Waals surface area (Å²) in [5.41, 5.74) is 1.36. The molecular weight excluding hydrogens is 400 g/mol. The average molecular weight is 418 g/mol. The van der Waals surface area contributed by atoms with Gasteiger partial charge in [0.2, 0.25) is 5.91 Å². The Morgan fingerprint density at radius 2 is 1.79 bits per heavy atom. The van der Waals surface area contributed by atoms with Crippen LogP contribution in [0.1, 0.15) is 5.56 Å². The predicted molar refractivity (Wildman–Crippen MR) is 110 cm³/mol. The summed E-state index contributed by atoms with van der Waals surface area (Å²) in [6.45, 7) is 0. The van der Waals surface area contributed by atoms with Crippen LogP contribution in [0, 0.1) is 0 Å². The minimum absolute atomic E-state index is 0.216. The number of methoxy groups -OCH3 is 2. The molecule has 0 saturated carbocycles. The molecule has 0 fully saturated rings. The van der Waals surface area contributed by atoms with E-state index >= 15 is 0 Å². The summed E-state index contributed by atoms with van der Waals surface area (Å²) in [6, 6.07) is 9.96. The first-order valence-corrected chi connectivity index (χ1v) is 10.8. The molecule has 0 bridgehead atoms. The van der Waals surface area contributed by atoms with Gasteiger partial charge >= 0.3 is 0 Å². The maximum Gasteiger partial charge on any atom is 0.250 e. The minimum Gasteiger partial charge on any atom is -0.497 e. The number of hydrogen-bond donors (Lipinski definition) is 1. The third-order valence-electron chi connectivity index (χ3n) is 3.82. The van der Waals surface area contributed by atoms with E-state index in [9.17, 15) is 13.2 Å². The molecule has 7 nitrogen and oxygen atoms in total. The van der Waals surface area contributed by atoms with Crippen molar-refractivity contribution >= 4 is 48.5 Å². The molecule has 1 heterocycles. The molecule has 0 aliphatic rings. The number of rotatable bonds is 6. The molecule has 1 amide bonds. The number of anilines is 1. The highest BCUT2D eigenvalue weighted by molar-refractivity contribution is 7.90. The average Bonchev–Trinajstić information content (AvgIpc) is 3.06. The highest BCUT2D eigenvalue weighted by atomic mass is 32.2. The van der Waals surface area contributed by atoms with E-state index in [-0.39, 0.29) is 10.8 Å². The van der Waals surface area contributed by atoms with Crippen molar-refractivity contribution in [1.29, 1.82) is 0 Å². The maximum absolute atomic E-state index is 12.2. The molecule has 146 valence electrons. The Morgan fingerprint density at radius 3 is 2.39 bits per heavy atom. The van der Waals surface area contributed by atoms with Crippen LogP contribution in [0.2, 0.25) is 0 Å². The first-order chi connectivity index (χ1) is 13.3. The molecule has 0 aliphatic heterocycles. The van der Waals surface area contributed by atoms with Gasteiger partial charge in [-0.25, -0.2) is 13.4 Å². The fourth-order valence-corrected chi connectivity index (χ4v) is 4.06. The predicted octanol–water partition coefficient (Wildman–Crippen LogP) is 3.37. The smallest absolute Gasteiger partial charge is 0.250 e. The van der Waals surface area contributed by atoms with Crippen LogP contribution in [0.5, 0.6) is 11.5 Å². The van der Waals surface area contributed by atoms with Crippen molar-refractivity contribution in [2.24, 2.45) is 0 Å². The Hall–Kier alpha value is -2.91. The Kier molecular flexibility index (Phi) is 5.66. The van der Waals surface area contributed by atoms with Crippen molar-refractivity contribution in [3.8, 4) is 11.5 Å². The van der Waals surface area contributed by atoms with Crippen LogP contribution >= 0.6 is 11.3 Å². The Labute approximate surface area is 166 Å². The lowest BCUT2D eigenvalue weighted by atomic mass is 10.2. The molecule has 0 atom stereocenters. The van der Waals surface area contributed by atoms with Gasteiger partial charge in [0.05, 0.1) is 29.3 Å². The quantitative estimate of drug-likeness (QED) is 0.617. The Bertz CT molecular complexity index is 1140. The van der Waals surface area contributed by atoms with E-state index in [0.29, 0.717) is 26.8 Å². The summed E-state index contributed by atoms with van der Waals surface area (Å²) in [7, 11) is -0.193. The van der Waals surface area contributed by atoms with E-state index in [1.54, 1.807) is 50.6 Å². The van der Waals surface area contributed by atoms with Gasteiger partial charge < -0.3 is 9.47 Å². The van der Waals surface area contributed by atoms with Crippen molar-refractivity contribution < 1.29 is 22.7 Å². The SMILES string of the molecule is COc1cc(/C=C/C(=O)Nc2nc3ccc(S(C)(=O)=O)cc3s2)cc(OC)c1. The molecule has 9 heteroatoms. The molecule has 3 aromatic rings. The van der Waals surface area contributed by atoms with Crippen LogP contribution in [0.4, 0.5) is 5.13 Å². The number of benzene rings is 2. The highest BCUT2D eigenvalue weighted by Crippen LogP contribution is 2.28. The van der Waals surface area contributed by atoms with E-state index < -0.39 is 9.84 Å². The minimum atomic E-state index is -3.30. The maximum atomic E-state index is 12.2. The van der Waals surface area contributed by atoms with Crippen molar-refractivity contribution in [2.75, 3.05) is 25.8 Å². The van der Waals surface area contributed by atoms with Gasteiger partial charge in [0.1, 0.15) is 11.5 Å². The number of fused-ring (bicyclic) bond motifs is 1. The van der Waals surface area contributed by atoms with Gasteiger partial charge in [-0.2, -0.15) is 0 Å². The van der Waals surface area contributed by atoms with E-state index in [2.05, 4.69) is 10.3 Å². The molecule has 2 aromatic carbocycles. The van der Waals surface area contributed by atoms with Gasteiger partial charge in [0.25, 0.3) is 0 Å². The van der Waals surface area contributed by atoms with Crippen molar-refractivity contribution in [3.63, 3.8) is 0 Å². The Morgan fingerprint density at radius 1 is 1.11 bits per heavy atom. The number of amides is 1. The second-order valence-corrected chi connectivity index (χ2v) is 8.94. The van der Waals surface area contributed by atoms with Gasteiger partial charge in [-0.3, -0.25) is 10.1 Å². The lowest BCUT2D eigenvalue weighted by molar-refractivity contribution is -0.111. The zero-order chi connectivity index (χ0) is 20.3. The molecule has 0 spiro atoms. The number of sulfone groups is 1. The van der Waals surface area contributed by atoms with Gasteiger partial charge in [-0.15, -0.1) is 0 Å². The van der Waals surface area contributed by atoms with E-state index in [1.165, 1.54) is 23.5 Å². The van der Waals surface area contributed by atoms with Crippen molar-refractivity contribution in [2.45, 2.75) is 4.90 Å². The van der Waals surface area contributed by atoms with Gasteiger partial charge in [0, 0.05) is 18.4 Å². The van der Waals surface area contributed by atoms with Crippen LogP contribution in [-0.4, -0.2) is 39.8 Å². The second-order valence-electron chi connectivity index (χ2n) is 5.89. The first-order valence-electron chi connectivity index (χ1n) is 8.11. The third-order valence-corrected chi connectivity index (χ3v) is 5.86. The lowest BCUT2D eigenvalue weighted by Gasteiger charge is -2.05. The van der Waals surface area contributed by atoms with E-state index in [0.717, 1.165) is 11.8 Å². The zero-order valence-electron chi connectivity index (χ0n) is 15.4. The number of ether oxygens (including phenoxy) is 2. The normalized spacial score (nSPS) is 11.7. The first kappa shape index (κ1) is 19.8. The number of carbonyl (C=O) groups excluding carboxylic acids is 1. The standard InChI is InChI=1S/C19H18N2O5S2/c1-25-13-8-12(9-14(10-13)26-2)4-7-18(22)21-19-20-16-6-5-15(28(3,23)24)11-17(16)27-19/h4-11H,1-3H3,(H,20,21,22)/b7-4+. The summed E-state index contributed by atoms with van der Waals surface area (Å²) in [4.78, 5) is 16.7. The van der Waals surface area contributed by atoms with Crippen LogP contribution in [0.15, 0.2) is 47.4 Å². The van der Waals surface area contributed by atoms with Crippen LogP contribution in [-0.2, 0) is 14.6 Å². The molecule has 0 aliphatic carbocycles. The number of carbonyl (C=O) groups is 1. The molecule has 0 radical (unpaired) electrons. The highest BCUT2D eigenvalue weighted by Gasteiger charge is 2.11. The largest absolute Gasteiger partial charge is 0.497 e. The topological polar surface area (TPSA) is 94.6 Å². The second kappa shape index (κ2) is 7.99. The molecule has 28 heavy (non-hydrogen) atoms. The number of nitrogens with zero attached hydrogens (tertiary/aromatic N) is 1. The summed E-state index contributed by atoms with van der Waals surface area (Å²) < 4.78 is 34.4. The van der Waals surface area contributed by atoms with Gasteiger partial charge in [-0.05, 0) is 42.0 Å². The number of thiazole rings is 1. The third kappa shape index (κ3) is 4.68. The molecule has 3 rings (SSSR count). The zero-order valence-corrected chi connectivity index (χ0v) is 17.1. The fourth-order valence-electron chi connectivity index (χ4n) is 2.43. The van der Waals surface area contributed by atoms with Crippen LogP contribution < -0.4 is 14.8 Å². The number of nitrogens with one attached hydrogen (secondary N) is 1. The summed E-state index contributed by atoms with van der Waals surface area (Å²) in [5.74, 6) is 0.878. The van der Waals surface area contributed by atoms with Crippen molar-refractivity contribution in [1.82, 2.24) is 4.98 Å². The lowest BCUT2D eigenvalue weighted by Crippen LogP contribution is -2.07. The number of hydrogen-bond acceptors (Lipinski definition) is 7. The van der Waals surface area contributed by atoms with Crippen LogP contribution in [0.3, 0.4) is 0 Å². The molecule has 0 unspecified atom stereocenters. The van der Waals surface area contributed by atoms with Gasteiger partial charge in [-0.1, -0.05) is 11.3 Å². The summed E-state index contributed by atoms with van der Waals surface area (Å²) >= 11 is 1.21. The van der Waals surface area contributed by atoms with E-state index in [4.69, 9.17) is 9.47 Å². The Balaban J connectivity index is 1.77. The molecule has 1 N–H and O–H groups in total. The fraction of sp³-hybridized carbons (Fsp3) is 0.158. The molecule has 1 aromatic heterocycles.